The molecule has 4 rings (SSSR count). The van der Waals surface area contributed by atoms with Gasteiger partial charge in [0.25, 0.3) is 0 Å². The van der Waals surface area contributed by atoms with E-state index in [9.17, 15) is 19.5 Å². The molecule has 1 aromatic carbocycles. The zero-order valence-corrected chi connectivity index (χ0v) is 30.4. The molecule has 0 saturated carbocycles. The number of likely N-dealkylation sites (tertiary alicyclic amines) is 1. The molecule has 0 aromatic heterocycles. The predicted octanol–water partition coefficient (Wildman–Crippen LogP) is 4.97. The van der Waals surface area contributed by atoms with E-state index < -0.39 is 59.1 Å². The quantitative estimate of drug-likeness (QED) is 0.187. The number of aliphatic hydroxyl groups excluding tert-OH is 1. The highest BCUT2D eigenvalue weighted by molar-refractivity contribution is 5.99. The van der Waals surface area contributed by atoms with Crippen molar-refractivity contribution in [3.05, 3.63) is 61.2 Å². The van der Waals surface area contributed by atoms with Crippen molar-refractivity contribution in [2.24, 2.45) is 23.2 Å². The molecule has 3 amide bonds. The maximum absolute atomic E-state index is 15.0. The molecule has 0 radical (unpaired) electrons. The summed E-state index contributed by atoms with van der Waals surface area (Å²) in [6.45, 7) is 21.7. The SMILES string of the molecule is C=CCCC(=O)OC[C@@H](NC(=O)[C@@H]1[C@@H]2CC[C@]3(O2)[C@H](C(=O)N(CC=C)C(C)(C)CC(C)(C)C)N([C@@H](CO)C(C)C)C(=O)[C@@H]13)c1ccccc1. The summed E-state index contributed by atoms with van der Waals surface area (Å²) in [7, 11) is 0. The van der Waals surface area contributed by atoms with E-state index in [1.807, 2.05) is 58.0 Å². The van der Waals surface area contributed by atoms with E-state index in [-0.39, 0.29) is 49.3 Å². The first-order valence-electron chi connectivity index (χ1n) is 17.7. The van der Waals surface area contributed by atoms with Crippen LogP contribution in [-0.4, -0.2) is 87.7 Å². The molecule has 0 aliphatic carbocycles. The number of carbonyl (C=O) groups is 4. The third kappa shape index (κ3) is 7.80. The number of rotatable bonds is 16. The van der Waals surface area contributed by atoms with Gasteiger partial charge in [-0.25, -0.2) is 0 Å². The molecule has 3 aliphatic rings. The van der Waals surface area contributed by atoms with Crippen LogP contribution < -0.4 is 5.32 Å². The van der Waals surface area contributed by atoms with Crippen molar-refractivity contribution in [3.8, 4) is 0 Å². The highest BCUT2D eigenvalue weighted by Gasteiger charge is 2.75. The number of amides is 3. The molecule has 7 atom stereocenters. The average molecular weight is 680 g/mol. The third-order valence-electron chi connectivity index (χ3n) is 10.3. The Balaban J connectivity index is 1.72. The van der Waals surface area contributed by atoms with E-state index >= 15 is 4.79 Å². The summed E-state index contributed by atoms with van der Waals surface area (Å²) < 4.78 is 12.3. The fourth-order valence-corrected chi connectivity index (χ4v) is 8.60. The number of hydrogen-bond acceptors (Lipinski definition) is 7. The van der Waals surface area contributed by atoms with Crippen molar-refractivity contribution in [1.82, 2.24) is 15.1 Å². The second-order valence-electron chi connectivity index (χ2n) is 16.1. The number of esters is 1. The summed E-state index contributed by atoms with van der Waals surface area (Å²) in [6.07, 6.45) is 5.06. The molecule has 3 heterocycles. The van der Waals surface area contributed by atoms with Gasteiger partial charge in [-0.05, 0) is 56.4 Å². The Labute approximate surface area is 292 Å². The van der Waals surface area contributed by atoms with Crippen LogP contribution in [0.15, 0.2) is 55.6 Å². The number of benzene rings is 1. The second kappa shape index (κ2) is 15.2. The molecule has 2 N–H and O–H groups in total. The molecule has 1 spiro atoms. The molecule has 3 aliphatic heterocycles. The largest absolute Gasteiger partial charge is 0.463 e. The first-order chi connectivity index (χ1) is 23.0. The lowest BCUT2D eigenvalue weighted by molar-refractivity contribution is -0.156. The first-order valence-corrected chi connectivity index (χ1v) is 17.7. The summed E-state index contributed by atoms with van der Waals surface area (Å²) in [5, 5.41) is 13.7. The minimum Gasteiger partial charge on any atom is -0.463 e. The zero-order chi connectivity index (χ0) is 36.3. The standard InChI is InChI=1S/C39H57N3O7/c1-10-12-18-30(44)48-23-27(26-16-14-13-15-17-26)40-34(45)31-29-19-20-39(49-29)32(31)35(46)42(28(22-43)25(3)4)33(39)36(47)41(21-11-2)38(8,9)24-37(5,6)7/h10-11,13-17,25,27-29,31-33,43H,1-2,12,18-24H2,3-9H3,(H,40,45)/t27-,28+,29+,31-,32-,33+,39-/m1/s1. The Morgan fingerprint density at radius 3 is 2.39 bits per heavy atom. The van der Waals surface area contributed by atoms with Crippen molar-refractivity contribution in [2.45, 2.75) is 116 Å². The molecule has 3 saturated heterocycles. The molecule has 49 heavy (non-hydrogen) atoms. The number of nitrogens with one attached hydrogen (secondary N) is 1. The number of allylic oxidation sites excluding steroid dienone is 1. The van der Waals surface area contributed by atoms with Crippen molar-refractivity contribution < 1.29 is 33.8 Å². The summed E-state index contributed by atoms with van der Waals surface area (Å²) in [6, 6.07) is 6.90. The molecular formula is C39H57N3O7. The highest BCUT2D eigenvalue weighted by Crippen LogP contribution is 2.59. The lowest BCUT2D eigenvalue weighted by atomic mass is 9.70. The molecule has 2 bridgehead atoms. The third-order valence-corrected chi connectivity index (χ3v) is 10.3. The van der Waals surface area contributed by atoms with E-state index in [2.05, 4.69) is 39.2 Å². The highest BCUT2D eigenvalue weighted by atomic mass is 16.5. The van der Waals surface area contributed by atoms with Crippen LogP contribution in [0.1, 0.15) is 92.2 Å². The van der Waals surface area contributed by atoms with Gasteiger partial charge in [-0.15, -0.1) is 13.2 Å². The van der Waals surface area contributed by atoms with Crippen molar-refractivity contribution in [1.29, 1.82) is 0 Å². The number of nitrogens with zero attached hydrogens (tertiary/aromatic N) is 2. The monoisotopic (exact) mass is 679 g/mol. The van der Waals surface area contributed by atoms with Crippen LogP contribution in [-0.2, 0) is 28.7 Å². The Bertz CT molecular complexity index is 1390. The van der Waals surface area contributed by atoms with Crippen molar-refractivity contribution in [2.75, 3.05) is 19.8 Å². The predicted molar refractivity (Wildman–Crippen MR) is 188 cm³/mol. The van der Waals surface area contributed by atoms with Crippen LogP contribution in [0.4, 0.5) is 0 Å². The van der Waals surface area contributed by atoms with Gasteiger partial charge >= 0.3 is 5.97 Å². The molecule has 10 heteroatoms. The molecule has 1 aromatic rings. The van der Waals surface area contributed by atoms with Crippen LogP contribution in [0.3, 0.4) is 0 Å². The van der Waals surface area contributed by atoms with E-state index in [0.717, 1.165) is 5.56 Å². The van der Waals surface area contributed by atoms with Gasteiger partial charge < -0.3 is 29.7 Å². The number of fused-ring (bicyclic) bond motifs is 1. The molecule has 270 valence electrons. The van der Waals surface area contributed by atoms with Gasteiger partial charge in [0.2, 0.25) is 17.7 Å². The fourth-order valence-electron chi connectivity index (χ4n) is 8.60. The van der Waals surface area contributed by atoms with E-state index in [1.165, 1.54) is 0 Å². The maximum atomic E-state index is 15.0. The minimum atomic E-state index is -1.24. The summed E-state index contributed by atoms with van der Waals surface area (Å²) in [5.74, 6) is -3.37. The topological polar surface area (TPSA) is 125 Å². The number of aliphatic hydroxyl groups is 1. The van der Waals surface area contributed by atoms with Crippen LogP contribution >= 0.6 is 0 Å². The van der Waals surface area contributed by atoms with Crippen LogP contribution in [0.2, 0.25) is 0 Å². The molecule has 10 nitrogen and oxygen atoms in total. The number of hydrogen-bond donors (Lipinski definition) is 2. The maximum Gasteiger partial charge on any atom is 0.306 e. The average Bonchev–Trinajstić information content (AvgIpc) is 3.67. The first kappa shape index (κ1) is 38.3. The Kier molecular flexibility index (Phi) is 11.9. The van der Waals surface area contributed by atoms with Crippen molar-refractivity contribution >= 4 is 23.7 Å². The van der Waals surface area contributed by atoms with E-state index in [1.54, 1.807) is 22.0 Å². The normalized spacial score (nSPS) is 25.9. The second-order valence-corrected chi connectivity index (χ2v) is 16.1. The van der Waals surface area contributed by atoms with Crippen molar-refractivity contribution in [3.63, 3.8) is 0 Å². The lowest BCUT2D eigenvalue weighted by Crippen LogP contribution is -2.63. The van der Waals surface area contributed by atoms with Gasteiger partial charge in [-0.1, -0.05) is 77.1 Å². The van der Waals surface area contributed by atoms with Gasteiger partial charge in [-0.2, -0.15) is 0 Å². The Hall–Kier alpha value is -3.50. The van der Waals surface area contributed by atoms with E-state index in [0.29, 0.717) is 25.7 Å². The van der Waals surface area contributed by atoms with Crippen LogP contribution in [0.5, 0.6) is 0 Å². The molecule has 3 fully saturated rings. The summed E-state index contributed by atoms with van der Waals surface area (Å²) in [4.78, 5) is 59.8. The summed E-state index contributed by atoms with van der Waals surface area (Å²) >= 11 is 0. The van der Waals surface area contributed by atoms with Crippen LogP contribution in [0, 0.1) is 23.2 Å². The number of carbonyl (C=O) groups excluding carboxylic acids is 4. The fraction of sp³-hybridized carbons (Fsp3) is 0.641. The minimum absolute atomic E-state index is 0.0831. The van der Waals surface area contributed by atoms with Crippen LogP contribution in [0.25, 0.3) is 0 Å². The zero-order valence-electron chi connectivity index (χ0n) is 30.4. The Morgan fingerprint density at radius 2 is 1.82 bits per heavy atom. The molecule has 0 unspecified atom stereocenters. The van der Waals surface area contributed by atoms with Gasteiger partial charge in [0, 0.05) is 18.5 Å². The Morgan fingerprint density at radius 1 is 1.14 bits per heavy atom. The lowest BCUT2D eigenvalue weighted by Gasteiger charge is -2.46. The van der Waals surface area contributed by atoms with Gasteiger partial charge in [0.1, 0.15) is 18.2 Å². The van der Waals surface area contributed by atoms with E-state index in [4.69, 9.17) is 9.47 Å². The van der Waals surface area contributed by atoms with Gasteiger partial charge in [-0.3, -0.25) is 19.2 Å². The number of ether oxygens (including phenoxy) is 2. The molecular weight excluding hydrogens is 622 g/mol. The van der Waals surface area contributed by atoms with Gasteiger partial charge in [0.15, 0.2) is 0 Å². The summed E-state index contributed by atoms with van der Waals surface area (Å²) in [5.41, 5.74) is -1.18. The smallest absolute Gasteiger partial charge is 0.306 e. The van der Waals surface area contributed by atoms with Gasteiger partial charge in [0.05, 0.1) is 36.6 Å².